The molecule has 1 spiro atoms. The topological polar surface area (TPSA) is 138 Å². The second-order valence-electron chi connectivity index (χ2n) is 14.3. The highest BCUT2D eigenvalue weighted by Crippen LogP contribution is 2.45. The predicted octanol–water partition coefficient (Wildman–Crippen LogP) is 2.69. The van der Waals surface area contributed by atoms with E-state index in [4.69, 9.17) is 14.2 Å². The number of aromatic nitrogens is 2. The van der Waals surface area contributed by atoms with Gasteiger partial charge in [-0.05, 0) is 83.7 Å². The molecule has 7 rings (SSSR count). The minimum atomic E-state index is -3.47. The van der Waals surface area contributed by atoms with E-state index >= 15 is 0 Å². The first-order chi connectivity index (χ1) is 23.1. The van der Waals surface area contributed by atoms with Crippen molar-refractivity contribution in [3.63, 3.8) is 0 Å². The third-order valence-electron chi connectivity index (χ3n) is 10.3. The second-order valence-corrected chi connectivity index (χ2v) is 15.8. The number of hydrogen-bond acceptors (Lipinski definition) is 10. The van der Waals surface area contributed by atoms with Crippen molar-refractivity contribution in [1.29, 1.82) is 0 Å². The monoisotopic (exact) mass is 687 g/mol. The number of nitrogens with one attached hydrogen (secondary N) is 2. The van der Waals surface area contributed by atoms with Crippen molar-refractivity contribution in [3.8, 4) is 11.5 Å². The van der Waals surface area contributed by atoms with E-state index in [2.05, 4.69) is 29.2 Å². The highest BCUT2D eigenvalue weighted by molar-refractivity contribution is 7.87. The molecule has 1 saturated carbocycles. The third kappa shape index (κ3) is 7.60. The van der Waals surface area contributed by atoms with E-state index in [-0.39, 0.29) is 52.9 Å². The van der Waals surface area contributed by atoms with Gasteiger partial charge in [-0.15, -0.1) is 0 Å². The summed E-state index contributed by atoms with van der Waals surface area (Å²) < 4.78 is 62.3. The number of carbonyl (C=O) groups excluding carboxylic acids is 1. The van der Waals surface area contributed by atoms with E-state index in [1.54, 1.807) is 11.1 Å². The number of piperidine rings is 1. The summed E-state index contributed by atoms with van der Waals surface area (Å²) in [6.07, 6.45) is 8.72. The molecule has 0 unspecified atom stereocenters. The summed E-state index contributed by atoms with van der Waals surface area (Å²) in [5.74, 6) is 0.526. The van der Waals surface area contributed by atoms with Gasteiger partial charge in [0.25, 0.3) is 16.1 Å². The molecule has 2 N–H and O–H groups in total. The van der Waals surface area contributed by atoms with Crippen LogP contribution in [0.15, 0.2) is 30.7 Å². The number of rotatable bonds is 10. The number of nitrogens with zero attached hydrogens (tertiary/aromatic N) is 5. The summed E-state index contributed by atoms with van der Waals surface area (Å²) in [6.45, 7) is 9.55. The molecule has 4 atom stereocenters. The first kappa shape index (κ1) is 33.5. The summed E-state index contributed by atoms with van der Waals surface area (Å²) in [6, 6.07) is 3.60. The van der Waals surface area contributed by atoms with Gasteiger partial charge in [-0.2, -0.15) is 17.9 Å². The smallest absolute Gasteiger partial charge is 0.277 e. The van der Waals surface area contributed by atoms with Crippen LogP contribution in [0.5, 0.6) is 11.5 Å². The summed E-state index contributed by atoms with van der Waals surface area (Å²) in [4.78, 5) is 28.8. The molecule has 0 bridgehead atoms. The van der Waals surface area contributed by atoms with E-state index in [0.29, 0.717) is 31.4 Å². The van der Waals surface area contributed by atoms with Gasteiger partial charge in [-0.3, -0.25) is 4.79 Å². The highest BCUT2D eigenvalue weighted by Gasteiger charge is 2.46. The number of halogens is 1. The molecule has 15 heteroatoms. The Kier molecular flexibility index (Phi) is 9.61. The van der Waals surface area contributed by atoms with Crippen LogP contribution in [0.3, 0.4) is 0 Å². The van der Waals surface area contributed by atoms with E-state index in [1.807, 2.05) is 13.8 Å². The SMILES string of the molecule is C[C@@H]1COC[C@@H](C)N1C(=O)c1cc(F)ccc1Oc1cncnc1N1CC2(CCN(C[C@@H]3CC[C@@H](NS(=O)(=O)NC4CC4)CO3)CC2)C1. The minimum Gasteiger partial charge on any atom is -0.451 e. The maximum atomic E-state index is 14.4. The molecule has 1 aromatic heterocycles. The van der Waals surface area contributed by atoms with Crippen LogP contribution < -0.4 is 19.1 Å². The zero-order valence-electron chi connectivity index (χ0n) is 27.6. The molecular weight excluding hydrogens is 641 g/mol. The summed E-state index contributed by atoms with van der Waals surface area (Å²) >= 11 is 0. The molecular formula is C33H46FN7O6S. The van der Waals surface area contributed by atoms with Crippen molar-refractivity contribution in [2.24, 2.45) is 5.41 Å². The van der Waals surface area contributed by atoms with Gasteiger partial charge < -0.3 is 28.9 Å². The molecule has 4 saturated heterocycles. The van der Waals surface area contributed by atoms with Gasteiger partial charge in [-0.25, -0.2) is 14.4 Å². The molecule has 262 valence electrons. The molecule has 1 aromatic carbocycles. The number of morpholine rings is 1. The number of ether oxygens (including phenoxy) is 3. The molecule has 1 amide bonds. The first-order valence-electron chi connectivity index (χ1n) is 17.1. The minimum absolute atomic E-state index is 0.0850. The van der Waals surface area contributed by atoms with Crippen molar-refractivity contribution in [2.45, 2.75) is 82.6 Å². The Morgan fingerprint density at radius 3 is 2.42 bits per heavy atom. The van der Waals surface area contributed by atoms with E-state index < -0.39 is 16.0 Å². The molecule has 2 aromatic rings. The molecule has 1 aliphatic carbocycles. The van der Waals surface area contributed by atoms with Crippen LogP contribution in [0.1, 0.15) is 62.7 Å². The van der Waals surface area contributed by atoms with Crippen LogP contribution in [-0.2, 0) is 19.7 Å². The summed E-state index contributed by atoms with van der Waals surface area (Å²) in [7, 11) is -3.47. The van der Waals surface area contributed by atoms with Gasteiger partial charge in [0, 0.05) is 37.1 Å². The van der Waals surface area contributed by atoms with Crippen molar-refractivity contribution >= 4 is 21.9 Å². The fourth-order valence-corrected chi connectivity index (χ4v) is 8.85. The number of likely N-dealkylation sites (tertiary alicyclic amines) is 1. The number of hydrogen-bond donors (Lipinski definition) is 2. The Morgan fingerprint density at radius 1 is 1.02 bits per heavy atom. The summed E-state index contributed by atoms with van der Waals surface area (Å²) in [5.41, 5.74) is 0.339. The van der Waals surface area contributed by atoms with Gasteiger partial charge in [0.15, 0.2) is 11.6 Å². The lowest BCUT2D eigenvalue weighted by molar-refractivity contribution is -0.0299. The largest absolute Gasteiger partial charge is 0.451 e. The van der Waals surface area contributed by atoms with Crippen molar-refractivity contribution in [1.82, 2.24) is 29.2 Å². The Balaban J connectivity index is 0.920. The van der Waals surface area contributed by atoms with Crippen molar-refractivity contribution in [2.75, 3.05) is 57.4 Å². The fraction of sp³-hybridized carbons (Fsp3) is 0.667. The van der Waals surface area contributed by atoms with E-state index in [9.17, 15) is 17.6 Å². The number of anilines is 1. The van der Waals surface area contributed by atoms with Crippen LogP contribution in [0.4, 0.5) is 10.2 Å². The zero-order valence-corrected chi connectivity index (χ0v) is 28.5. The lowest BCUT2D eigenvalue weighted by atomic mass is 9.72. The third-order valence-corrected chi connectivity index (χ3v) is 11.6. The van der Waals surface area contributed by atoms with Gasteiger partial charge >= 0.3 is 0 Å². The number of carbonyl (C=O) groups is 1. The molecule has 13 nitrogen and oxygen atoms in total. The van der Waals surface area contributed by atoms with Crippen LogP contribution in [0.25, 0.3) is 0 Å². The normalized spacial score (nSPS) is 27.9. The second kappa shape index (κ2) is 13.8. The van der Waals surface area contributed by atoms with Gasteiger partial charge in [0.2, 0.25) is 0 Å². The summed E-state index contributed by atoms with van der Waals surface area (Å²) in [5, 5.41) is 0. The van der Waals surface area contributed by atoms with Gasteiger partial charge in [0.05, 0.1) is 49.8 Å². The number of amides is 1. The Labute approximate surface area is 281 Å². The van der Waals surface area contributed by atoms with Crippen LogP contribution >= 0.6 is 0 Å². The maximum Gasteiger partial charge on any atom is 0.277 e. The highest BCUT2D eigenvalue weighted by atomic mass is 32.2. The predicted molar refractivity (Wildman–Crippen MR) is 176 cm³/mol. The average molecular weight is 688 g/mol. The van der Waals surface area contributed by atoms with E-state index in [0.717, 1.165) is 71.2 Å². The Hall–Kier alpha value is -2.95. The molecule has 48 heavy (non-hydrogen) atoms. The molecule has 5 aliphatic rings. The molecule has 0 radical (unpaired) electrons. The van der Waals surface area contributed by atoms with Gasteiger partial charge in [0.1, 0.15) is 17.9 Å². The molecule has 4 aliphatic heterocycles. The van der Waals surface area contributed by atoms with E-state index in [1.165, 1.54) is 24.5 Å². The quantitative estimate of drug-likeness (QED) is 0.384. The average Bonchev–Trinajstić information content (AvgIpc) is 3.85. The standard InChI is InChI=1S/C33H46FN7O6S/c1-22-16-45-17-23(2)41(22)32(42)28-13-24(34)3-8-29(28)47-30-14-35-21-36-31(30)40-19-33(20-40)9-11-39(12-10-33)15-27-7-6-26(18-46-27)38-48(43,44)37-25-4-5-25/h3,8,13-14,21-23,25-27,37-38H,4-7,9-12,15-20H2,1-2H3/t22-,23-,26-,27+/m1/s1. The lowest BCUT2D eigenvalue weighted by Gasteiger charge is -2.54. The van der Waals surface area contributed by atoms with Crippen molar-refractivity contribution in [3.05, 3.63) is 42.1 Å². The fourth-order valence-electron chi connectivity index (χ4n) is 7.48. The van der Waals surface area contributed by atoms with Gasteiger partial charge in [-0.1, -0.05) is 0 Å². The van der Waals surface area contributed by atoms with Crippen LogP contribution in [0.2, 0.25) is 0 Å². The molecule has 5 heterocycles. The van der Waals surface area contributed by atoms with Crippen LogP contribution in [-0.4, -0.2) is 117 Å². The first-order valence-corrected chi connectivity index (χ1v) is 18.6. The van der Waals surface area contributed by atoms with Crippen molar-refractivity contribution < 1.29 is 31.8 Å². The molecule has 5 fully saturated rings. The number of benzene rings is 1. The zero-order chi connectivity index (χ0) is 33.5. The lowest BCUT2D eigenvalue weighted by Crippen LogP contribution is -2.61. The van der Waals surface area contributed by atoms with Crippen LogP contribution in [0, 0.1) is 11.2 Å². The Bertz CT molecular complexity index is 1560. The Morgan fingerprint density at radius 2 is 1.73 bits per heavy atom. The maximum absolute atomic E-state index is 14.4.